The third-order valence-electron chi connectivity index (χ3n) is 5.00. The zero-order chi connectivity index (χ0) is 24.9. The Kier molecular flexibility index (Phi) is 7.99. The van der Waals surface area contributed by atoms with Crippen molar-refractivity contribution in [3.05, 3.63) is 64.4 Å². The number of aromatic nitrogens is 1. The molecule has 1 aliphatic rings. The normalized spacial score (nSPS) is 17.2. The van der Waals surface area contributed by atoms with Crippen LogP contribution in [0.25, 0.3) is 0 Å². The van der Waals surface area contributed by atoms with Crippen molar-refractivity contribution < 1.29 is 31.6 Å². The number of pyridine rings is 1. The molecule has 1 aromatic heterocycles. The summed E-state index contributed by atoms with van der Waals surface area (Å²) in [6.45, 7) is 0.0134. The van der Waals surface area contributed by atoms with Crippen molar-refractivity contribution in [2.45, 2.75) is 18.2 Å². The highest BCUT2D eigenvalue weighted by Gasteiger charge is 2.36. The molecule has 1 atom stereocenters. The highest BCUT2D eigenvalue weighted by Crippen LogP contribution is 2.29. The number of amides is 4. The van der Waals surface area contributed by atoms with E-state index in [1.54, 1.807) is 29.7 Å². The van der Waals surface area contributed by atoms with Crippen LogP contribution in [-0.4, -0.2) is 61.4 Å². The fraction of sp³-hybridized carbons (Fsp3) is 0.300. The monoisotopic (exact) mass is 515 g/mol. The van der Waals surface area contributed by atoms with Crippen LogP contribution in [0.5, 0.6) is 0 Å². The van der Waals surface area contributed by atoms with E-state index in [-0.39, 0.29) is 31.0 Å². The van der Waals surface area contributed by atoms with Crippen molar-refractivity contribution in [2.24, 2.45) is 0 Å². The number of urea groups is 1. The molecule has 0 bridgehead atoms. The lowest BCUT2D eigenvalue weighted by molar-refractivity contribution is -0.132. The number of nitrogens with zero attached hydrogens (tertiary/aromatic N) is 2. The third kappa shape index (κ3) is 6.38. The number of hydrazine groups is 1. The Morgan fingerprint density at radius 2 is 1.82 bits per heavy atom. The van der Waals surface area contributed by atoms with E-state index < -0.39 is 39.4 Å². The van der Waals surface area contributed by atoms with Crippen molar-refractivity contribution in [2.75, 3.05) is 18.8 Å². The van der Waals surface area contributed by atoms with E-state index in [2.05, 4.69) is 10.3 Å². The number of carbonyl (C=O) groups is 3. The predicted octanol–water partition coefficient (Wildman–Crippen LogP) is 1.44. The molecule has 34 heavy (non-hydrogen) atoms. The standard InChI is InChI=1S/C20H20ClF2N5O5S/c21-14-4-1-12(2-5-14)16-11-28(7-8-34(16,32)33)20(31)25-10-15-6-3-13(9-24-15)18(29)26-27-19(30)17(22)23/h1-6,9,16-17H,7-8,10-11H2,(H,25,31)(H,26,29)(H,27,30). The third-order valence-corrected chi connectivity index (χ3v) is 7.29. The summed E-state index contributed by atoms with van der Waals surface area (Å²) in [6, 6.07) is 8.71. The van der Waals surface area contributed by atoms with Crippen LogP contribution < -0.4 is 16.2 Å². The first-order chi connectivity index (χ1) is 16.1. The molecule has 14 heteroatoms. The first-order valence-corrected chi connectivity index (χ1v) is 12.0. The lowest BCUT2D eigenvalue weighted by atomic mass is 10.1. The van der Waals surface area contributed by atoms with Gasteiger partial charge in [0.1, 0.15) is 5.25 Å². The molecule has 1 fully saturated rings. The van der Waals surface area contributed by atoms with Gasteiger partial charge in [-0.3, -0.25) is 25.4 Å². The number of nitrogens with one attached hydrogen (secondary N) is 3. The Morgan fingerprint density at radius 3 is 2.44 bits per heavy atom. The molecular formula is C20H20ClF2N5O5S. The van der Waals surface area contributed by atoms with Crippen molar-refractivity contribution in [3.8, 4) is 0 Å². The highest BCUT2D eigenvalue weighted by molar-refractivity contribution is 7.91. The molecule has 1 unspecified atom stereocenters. The summed E-state index contributed by atoms with van der Waals surface area (Å²) in [6.07, 6.45) is -2.12. The van der Waals surface area contributed by atoms with Gasteiger partial charge in [-0.15, -0.1) is 0 Å². The molecule has 182 valence electrons. The Bertz CT molecular complexity index is 1160. The van der Waals surface area contributed by atoms with Gasteiger partial charge >= 0.3 is 18.4 Å². The molecule has 4 amide bonds. The maximum Gasteiger partial charge on any atom is 0.317 e. The molecule has 2 heterocycles. The highest BCUT2D eigenvalue weighted by atomic mass is 35.5. The summed E-state index contributed by atoms with van der Waals surface area (Å²) in [5, 5.41) is 2.25. The number of carbonyl (C=O) groups excluding carboxylic acids is 3. The van der Waals surface area contributed by atoms with Crippen molar-refractivity contribution >= 4 is 39.3 Å². The average Bonchev–Trinajstić information content (AvgIpc) is 2.81. The molecule has 3 N–H and O–H groups in total. The lowest BCUT2D eigenvalue weighted by Crippen LogP contribution is -2.49. The van der Waals surface area contributed by atoms with Crippen LogP contribution >= 0.6 is 11.6 Å². The summed E-state index contributed by atoms with van der Waals surface area (Å²) >= 11 is 5.87. The number of rotatable bonds is 5. The second-order valence-electron chi connectivity index (χ2n) is 7.29. The number of alkyl halides is 2. The Morgan fingerprint density at radius 1 is 1.12 bits per heavy atom. The minimum Gasteiger partial charge on any atom is -0.332 e. The molecule has 10 nitrogen and oxygen atoms in total. The van der Waals surface area contributed by atoms with Gasteiger partial charge in [0, 0.05) is 24.3 Å². The first-order valence-electron chi connectivity index (χ1n) is 9.90. The fourth-order valence-corrected chi connectivity index (χ4v) is 5.01. The second kappa shape index (κ2) is 10.7. The van der Waals surface area contributed by atoms with Gasteiger partial charge in [0.15, 0.2) is 9.84 Å². The molecule has 0 saturated carbocycles. The smallest absolute Gasteiger partial charge is 0.317 e. The van der Waals surface area contributed by atoms with Gasteiger partial charge in [-0.25, -0.2) is 13.2 Å². The number of sulfone groups is 1. The van der Waals surface area contributed by atoms with Crippen LogP contribution in [0.4, 0.5) is 13.6 Å². The fourth-order valence-electron chi connectivity index (χ4n) is 3.15. The summed E-state index contributed by atoms with van der Waals surface area (Å²) in [7, 11) is -3.43. The van der Waals surface area contributed by atoms with Crippen molar-refractivity contribution in [1.29, 1.82) is 0 Å². The largest absolute Gasteiger partial charge is 0.332 e. The molecular weight excluding hydrogens is 496 g/mol. The minimum atomic E-state index is -3.43. The van der Waals surface area contributed by atoms with Crippen LogP contribution in [0.1, 0.15) is 26.9 Å². The van der Waals surface area contributed by atoms with E-state index >= 15 is 0 Å². The van der Waals surface area contributed by atoms with Crippen molar-refractivity contribution in [3.63, 3.8) is 0 Å². The van der Waals surface area contributed by atoms with E-state index in [0.29, 0.717) is 16.3 Å². The topological polar surface area (TPSA) is 138 Å². The summed E-state index contributed by atoms with van der Waals surface area (Å²) < 4.78 is 49.3. The van der Waals surface area contributed by atoms with Crippen molar-refractivity contribution in [1.82, 2.24) is 26.1 Å². The van der Waals surface area contributed by atoms with Gasteiger partial charge in [0.25, 0.3) is 5.91 Å². The van der Waals surface area contributed by atoms with E-state index in [1.807, 2.05) is 5.43 Å². The SMILES string of the molecule is O=C(NNC(=O)C(F)F)c1ccc(CNC(=O)N2CCS(=O)(=O)C(c3ccc(Cl)cc3)C2)nc1. The predicted molar refractivity (Wildman–Crippen MR) is 118 cm³/mol. The van der Waals surface area contributed by atoms with Gasteiger partial charge in [-0.1, -0.05) is 23.7 Å². The average molecular weight is 516 g/mol. The molecule has 0 aliphatic carbocycles. The van der Waals surface area contributed by atoms with E-state index in [1.165, 1.54) is 17.0 Å². The molecule has 0 radical (unpaired) electrons. The molecule has 1 saturated heterocycles. The molecule has 0 spiro atoms. The van der Waals surface area contributed by atoms with Gasteiger partial charge in [0.05, 0.1) is 23.6 Å². The van der Waals surface area contributed by atoms with Gasteiger partial charge < -0.3 is 10.2 Å². The molecule has 1 aliphatic heterocycles. The molecule has 2 aromatic rings. The van der Waals surface area contributed by atoms with Gasteiger partial charge in [-0.05, 0) is 29.8 Å². The lowest BCUT2D eigenvalue weighted by Gasteiger charge is -2.32. The first kappa shape index (κ1) is 25.3. The maximum absolute atomic E-state index is 12.6. The second-order valence-corrected chi connectivity index (χ2v) is 10.0. The number of hydrogen-bond donors (Lipinski definition) is 3. The Labute approximate surface area is 198 Å². The van der Waals surface area contributed by atoms with Crippen LogP contribution in [0.3, 0.4) is 0 Å². The van der Waals surface area contributed by atoms with Crippen LogP contribution in [0.15, 0.2) is 42.6 Å². The quantitative estimate of drug-likeness (QED) is 0.515. The summed E-state index contributed by atoms with van der Waals surface area (Å²) in [5.74, 6) is -2.68. The number of benzene rings is 1. The summed E-state index contributed by atoms with van der Waals surface area (Å²) in [5.41, 5.74) is 4.33. The van der Waals surface area contributed by atoms with E-state index in [0.717, 1.165) is 6.20 Å². The number of halogens is 3. The Hall–Kier alpha value is -3.32. The maximum atomic E-state index is 12.6. The summed E-state index contributed by atoms with van der Waals surface area (Å²) in [4.78, 5) is 40.6. The van der Waals surface area contributed by atoms with Crippen LogP contribution in [-0.2, 0) is 21.2 Å². The van der Waals surface area contributed by atoms with Crippen LogP contribution in [0.2, 0.25) is 5.02 Å². The van der Waals surface area contributed by atoms with E-state index in [9.17, 15) is 31.6 Å². The number of hydrogen-bond acceptors (Lipinski definition) is 6. The van der Waals surface area contributed by atoms with E-state index in [4.69, 9.17) is 11.6 Å². The Balaban J connectivity index is 1.55. The molecule has 1 aromatic carbocycles. The van der Waals surface area contributed by atoms with Gasteiger partial charge in [-0.2, -0.15) is 8.78 Å². The van der Waals surface area contributed by atoms with Crippen LogP contribution in [0, 0.1) is 0 Å². The zero-order valence-electron chi connectivity index (χ0n) is 17.5. The molecule has 3 rings (SSSR count). The zero-order valence-corrected chi connectivity index (χ0v) is 19.1. The van der Waals surface area contributed by atoms with Gasteiger partial charge in [0.2, 0.25) is 0 Å². The minimum absolute atomic E-state index is 0.00227.